The molecule has 154 valence electrons. The fourth-order valence-electron chi connectivity index (χ4n) is 3.44. The molecule has 5 nitrogen and oxygen atoms in total. The van der Waals surface area contributed by atoms with Crippen molar-refractivity contribution in [1.29, 1.82) is 0 Å². The lowest BCUT2D eigenvalue weighted by Crippen LogP contribution is -2.31. The third-order valence-electron chi connectivity index (χ3n) is 5.17. The van der Waals surface area contributed by atoms with E-state index in [2.05, 4.69) is 5.32 Å². The van der Waals surface area contributed by atoms with E-state index in [1.54, 1.807) is 34.6 Å². The molecule has 0 aliphatic carbocycles. The molecule has 1 fully saturated rings. The van der Waals surface area contributed by atoms with Gasteiger partial charge in [0.15, 0.2) is 0 Å². The summed E-state index contributed by atoms with van der Waals surface area (Å²) in [6.07, 6.45) is 7.15. The van der Waals surface area contributed by atoms with Crippen LogP contribution < -0.4 is 5.32 Å². The maximum Gasteiger partial charge on any atom is 0.244 e. The van der Waals surface area contributed by atoms with E-state index in [-0.39, 0.29) is 11.9 Å². The third-order valence-corrected chi connectivity index (χ3v) is 7.08. The normalized spacial score (nSPS) is 17.0. The molecule has 1 amide bonds. The van der Waals surface area contributed by atoms with E-state index >= 15 is 0 Å². The summed E-state index contributed by atoms with van der Waals surface area (Å²) in [6, 6.07) is 16.4. The Kier molecular flexibility index (Phi) is 7.23. The van der Waals surface area contributed by atoms with Crippen molar-refractivity contribution in [3.63, 3.8) is 0 Å². The van der Waals surface area contributed by atoms with Crippen molar-refractivity contribution in [1.82, 2.24) is 9.62 Å². The van der Waals surface area contributed by atoms with Gasteiger partial charge in [-0.1, -0.05) is 55.3 Å². The van der Waals surface area contributed by atoms with Gasteiger partial charge in [0.2, 0.25) is 15.9 Å². The molecule has 0 aromatic heterocycles. The maximum absolute atomic E-state index is 12.8. The van der Waals surface area contributed by atoms with Crippen LogP contribution in [0.25, 0.3) is 6.08 Å². The molecule has 3 rings (SSSR count). The first kappa shape index (κ1) is 21.3. The van der Waals surface area contributed by atoms with Gasteiger partial charge in [-0.05, 0) is 49.1 Å². The largest absolute Gasteiger partial charge is 0.346 e. The average Bonchev–Trinajstić information content (AvgIpc) is 3.03. The molecule has 29 heavy (non-hydrogen) atoms. The van der Waals surface area contributed by atoms with Crippen LogP contribution in [-0.4, -0.2) is 31.7 Å². The van der Waals surface area contributed by atoms with Crippen LogP contribution in [0.4, 0.5) is 0 Å². The van der Waals surface area contributed by atoms with Crippen molar-refractivity contribution >= 4 is 22.0 Å². The minimum Gasteiger partial charge on any atom is -0.346 e. The predicted octanol–water partition coefficient (Wildman–Crippen LogP) is 4.14. The van der Waals surface area contributed by atoms with Crippen LogP contribution in [-0.2, 0) is 14.8 Å². The Hall–Kier alpha value is -2.44. The first-order chi connectivity index (χ1) is 14.0. The standard InChI is InChI=1S/C23H28N2O3S/c1-19(21-9-5-4-6-10-21)24-23(26)16-13-20-11-14-22(15-12-20)29(27,28)25-17-7-2-3-8-18-25/h4-6,9-16,19H,2-3,7-8,17-18H2,1H3,(H,24,26)/b16-13+/t19-/m0/s1. The Morgan fingerprint density at radius 2 is 1.59 bits per heavy atom. The molecule has 1 aliphatic rings. The molecule has 2 aromatic carbocycles. The maximum atomic E-state index is 12.8. The zero-order chi connectivity index (χ0) is 20.7. The lowest BCUT2D eigenvalue weighted by molar-refractivity contribution is -0.117. The Morgan fingerprint density at radius 1 is 0.966 bits per heavy atom. The van der Waals surface area contributed by atoms with Crippen molar-refractivity contribution in [3.8, 4) is 0 Å². The van der Waals surface area contributed by atoms with E-state index in [1.165, 1.54) is 6.08 Å². The van der Waals surface area contributed by atoms with Gasteiger partial charge < -0.3 is 5.32 Å². The molecule has 0 saturated carbocycles. The minimum atomic E-state index is -3.45. The number of carbonyl (C=O) groups is 1. The Morgan fingerprint density at radius 3 is 2.21 bits per heavy atom. The molecule has 1 heterocycles. The number of carbonyl (C=O) groups excluding carboxylic acids is 1. The van der Waals surface area contributed by atoms with Crippen molar-refractivity contribution in [3.05, 3.63) is 71.8 Å². The molecule has 0 radical (unpaired) electrons. The number of hydrogen-bond donors (Lipinski definition) is 1. The van der Waals surface area contributed by atoms with Crippen LogP contribution in [0.1, 0.15) is 49.8 Å². The number of amides is 1. The molecule has 0 spiro atoms. The summed E-state index contributed by atoms with van der Waals surface area (Å²) in [5, 5.41) is 2.92. The highest BCUT2D eigenvalue weighted by Gasteiger charge is 2.24. The van der Waals surface area contributed by atoms with Crippen LogP contribution >= 0.6 is 0 Å². The molecular weight excluding hydrogens is 384 g/mol. The molecule has 0 unspecified atom stereocenters. The van der Waals surface area contributed by atoms with Gasteiger partial charge >= 0.3 is 0 Å². The topological polar surface area (TPSA) is 66.5 Å². The van der Waals surface area contributed by atoms with E-state index in [0.29, 0.717) is 18.0 Å². The van der Waals surface area contributed by atoms with Crippen LogP contribution in [0, 0.1) is 0 Å². The minimum absolute atomic E-state index is 0.0884. The SMILES string of the molecule is C[C@H](NC(=O)/C=C/c1ccc(S(=O)(=O)N2CCCCCC2)cc1)c1ccccc1. The summed E-state index contributed by atoms with van der Waals surface area (Å²) in [6.45, 7) is 3.11. The van der Waals surface area contributed by atoms with Gasteiger partial charge in [-0.25, -0.2) is 8.42 Å². The highest BCUT2D eigenvalue weighted by Crippen LogP contribution is 2.21. The molecule has 6 heteroatoms. The number of benzene rings is 2. The number of sulfonamides is 1. The van der Waals surface area contributed by atoms with E-state index < -0.39 is 10.0 Å². The molecule has 1 aliphatic heterocycles. The van der Waals surface area contributed by atoms with Gasteiger partial charge in [-0.15, -0.1) is 0 Å². The van der Waals surface area contributed by atoms with Crippen LogP contribution in [0.15, 0.2) is 65.6 Å². The molecular formula is C23H28N2O3S. The molecule has 1 saturated heterocycles. The number of hydrogen-bond acceptors (Lipinski definition) is 3. The van der Waals surface area contributed by atoms with E-state index in [0.717, 1.165) is 36.8 Å². The monoisotopic (exact) mass is 412 g/mol. The van der Waals surface area contributed by atoms with Gasteiger partial charge in [0.1, 0.15) is 0 Å². The highest BCUT2D eigenvalue weighted by molar-refractivity contribution is 7.89. The van der Waals surface area contributed by atoms with Crippen molar-refractivity contribution < 1.29 is 13.2 Å². The molecule has 1 N–H and O–H groups in total. The molecule has 1 atom stereocenters. The van der Waals surface area contributed by atoms with Gasteiger partial charge in [-0.3, -0.25) is 4.79 Å². The smallest absolute Gasteiger partial charge is 0.244 e. The summed E-state index contributed by atoms with van der Waals surface area (Å²) in [5.74, 6) is -0.192. The van der Waals surface area contributed by atoms with Gasteiger partial charge in [-0.2, -0.15) is 4.31 Å². The lowest BCUT2D eigenvalue weighted by atomic mass is 10.1. The Labute approximate surface area is 173 Å². The van der Waals surface area contributed by atoms with Crippen LogP contribution in [0.5, 0.6) is 0 Å². The fourth-order valence-corrected chi connectivity index (χ4v) is 4.96. The Bertz CT molecular complexity index is 930. The van der Waals surface area contributed by atoms with Gasteiger partial charge in [0, 0.05) is 19.2 Å². The molecule has 2 aromatic rings. The van der Waals surface area contributed by atoms with Crippen molar-refractivity contribution in [2.45, 2.75) is 43.5 Å². The molecule has 0 bridgehead atoms. The van der Waals surface area contributed by atoms with E-state index in [4.69, 9.17) is 0 Å². The fraction of sp³-hybridized carbons (Fsp3) is 0.348. The number of nitrogens with one attached hydrogen (secondary N) is 1. The van der Waals surface area contributed by atoms with Crippen molar-refractivity contribution in [2.24, 2.45) is 0 Å². The first-order valence-electron chi connectivity index (χ1n) is 10.1. The second kappa shape index (κ2) is 9.85. The summed E-state index contributed by atoms with van der Waals surface area (Å²) in [7, 11) is -3.45. The predicted molar refractivity (Wildman–Crippen MR) is 116 cm³/mol. The zero-order valence-corrected chi connectivity index (χ0v) is 17.6. The number of nitrogens with zero attached hydrogens (tertiary/aromatic N) is 1. The summed E-state index contributed by atoms with van der Waals surface area (Å²) in [4.78, 5) is 12.5. The summed E-state index contributed by atoms with van der Waals surface area (Å²) in [5.41, 5.74) is 1.82. The van der Waals surface area contributed by atoms with Crippen LogP contribution in [0.2, 0.25) is 0 Å². The van der Waals surface area contributed by atoms with Crippen LogP contribution in [0.3, 0.4) is 0 Å². The second-order valence-corrected chi connectivity index (χ2v) is 9.30. The quantitative estimate of drug-likeness (QED) is 0.725. The highest BCUT2D eigenvalue weighted by atomic mass is 32.2. The summed E-state index contributed by atoms with van der Waals surface area (Å²) >= 11 is 0. The van der Waals surface area contributed by atoms with Crippen molar-refractivity contribution in [2.75, 3.05) is 13.1 Å². The third kappa shape index (κ3) is 5.78. The number of rotatable bonds is 6. The average molecular weight is 413 g/mol. The summed E-state index contributed by atoms with van der Waals surface area (Å²) < 4.78 is 27.2. The first-order valence-corrected chi connectivity index (χ1v) is 11.5. The van der Waals surface area contributed by atoms with Gasteiger partial charge in [0.25, 0.3) is 0 Å². The second-order valence-electron chi connectivity index (χ2n) is 7.36. The van der Waals surface area contributed by atoms with E-state index in [9.17, 15) is 13.2 Å². The lowest BCUT2D eigenvalue weighted by Gasteiger charge is -2.19. The Balaban J connectivity index is 1.61. The van der Waals surface area contributed by atoms with Gasteiger partial charge in [0.05, 0.1) is 10.9 Å². The zero-order valence-electron chi connectivity index (χ0n) is 16.8. The van der Waals surface area contributed by atoms with E-state index in [1.807, 2.05) is 37.3 Å².